The number of nitrogens with one attached hydrogen (secondary N) is 1. The molecule has 116 valence electrons. The fourth-order valence-corrected chi connectivity index (χ4v) is 3.25. The van der Waals surface area contributed by atoms with Crippen molar-refractivity contribution >= 4 is 11.6 Å². The van der Waals surface area contributed by atoms with Gasteiger partial charge in [0.2, 0.25) is 5.91 Å². The molecule has 2 rings (SSSR count). The van der Waals surface area contributed by atoms with Gasteiger partial charge in [0.15, 0.2) is 0 Å². The third-order valence-corrected chi connectivity index (χ3v) is 4.64. The highest BCUT2D eigenvalue weighted by atomic mass is 16.3. The summed E-state index contributed by atoms with van der Waals surface area (Å²) in [6, 6.07) is 5.88. The molecule has 0 aromatic heterocycles. The molecule has 2 N–H and O–H groups in total. The fraction of sp³-hybridized carbons (Fsp3) is 0.611. The van der Waals surface area contributed by atoms with Crippen LogP contribution < -0.4 is 5.32 Å². The van der Waals surface area contributed by atoms with Crippen LogP contribution in [0.1, 0.15) is 70.6 Å². The van der Waals surface area contributed by atoms with Crippen LogP contribution in [-0.2, 0) is 10.2 Å². The lowest BCUT2D eigenvalue weighted by atomic mass is 9.82. The molecule has 1 heterocycles. The first kappa shape index (κ1) is 16.0. The van der Waals surface area contributed by atoms with Gasteiger partial charge in [-0.1, -0.05) is 38.8 Å². The summed E-state index contributed by atoms with van der Waals surface area (Å²) in [5.41, 5.74) is 2.29. The van der Waals surface area contributed by atoms with Crippen LogP contribution in [-0.4, -0.2) is 11.0 Å². The standard InChI is InChI=1S/C18H27NO2/c1-5-7-12(8-6-2)16(20)13-9-10-15-14(11-13)18(3,4)17(21)19-15/h9-12,16,20H,5-8H2,1-4H3,(H,19,21). The lowest BCUT2D eigenvalue weighted by Gasteiger charge is -2.24. The predicted octanol–water partition coefficient (Wildman–Crippen LogP) is 4.17. The Hall–Kier alpha value is -1.35. The predicted molar refractivity (Wildman–Crippen MR) is 86.4 cm³/mol. The van der Waals surface area contributed by atoms with Gasteiger partial charge in [0.05, 0.1) is 11.5 Å². The van der Waals surface area contributed by atoms with E-state index in [-0.39, 0.29) is 5.91 Å². The van der Waals surface area contributed by atoms with Crippen molar-refractivity contribution < 1.29 is 9.90 Å². The van der Waals surface area contributed by atoms with E-state index in [4.69, 9.17) is 0 Å². The van der Waals surface area contributed by atoms with Crippen molar-refractivity contribution in [2.24, 2.45) is 5.92 Å². The molecule has 0 saturated heterocycles. The van der Waals surface area contributed by atoms with E-state index in [0.29, 0.717) is 5.92 Å². The Morgan fingerprint density at radius 3 is 2.38 bits per heavy atom. The van der Waals surface area contributed by atoms with Crippen molar-refractivity contribution in [1.82, 2.24) is 0 Å². The van der Waals surface area contributed by atoms with Crippen molar-refractivity contribution in [3.8, 4) is 0 Å². The zero-order valence-electron chi connectivity index (χ0n) is 13.6. The average molecular weight is 289 g/mol. The number of aliphatic hydroxyl groups is 1. The van der Waals surface area contributed by atoms with Gasteiger partial charge < -0.3 is 10.4 Å². The number of benzene rings is 1. The number of amides is 1. The Bertz CT molecular complexity index is 516. The molecule has 1 amide bonds. The van der Waals surface area contributed by atoms with E-state index in [2.05, 4.69) is 19.2 Å². The lowest BCUT2D eigenvalue weighted by Crippen LogP contribution is -2.27. The molecule has 1 atom stereocenters. The highest BCUT2D eigenvalue weighted by molar-refractivity contribution is 6.05. The maximum absolute atomic E-state index is 12.0. The van der Waals surface area contributed by atoms with Crippen molar-refractivity contribution in [3.63, 3.8) is 0 Å². The van der Waals surface area contributed by atoms with Gasteiger partial charge in [0, 0.05) is 5.69 Å². The summed E-state index contributed by atoms with van der Waals surface area (Å²) in [5.74, 6) is 0.328. The first-order chi connectivity index (χ1) is 9.91. The summed E-state index contributed by atoms with van der Waals surface area (Å²) < 4.78 is 0. The van der Waals surface area contributed by atoms with Gasteiger partial charge in [-0.3, -0.25) is 4.79 Å². The second-order valence-corrected chi connectivity index (χ2v) is 6.67. The maximum Gasteiger partial charge on any atom is 0.234 e. The third kappa shape index (κ3) is 2.98. The topological polar surface area (TPSA) is 49.3 Å². The number of hydrogen-bond acceptors (Lipinski definition) is 2. The molecule has 21 heavy (non-hydrogen) atoms. The first-order valence-corrected chi connectivity index (χ1v) is 8.05. The van der Waals surface area contributed by atoms with Crippen molar-refractivity contribution in [3.05, 3.63) is 29.3 Å². The van der Waals surface area contributed by atoms with Crippen molar-refractivity contribution in [1.29, 1.82) is 0 Å². The van der Waals surface area contributed by atoms with Crippen molar-refractivity contribution in [2.45, 2.75) is 64.9 Å². The summed E-state index contributed by atoms with van der Waals surface area (Å²) in [5, 5.41) is 13.6. The smallest absolute Gasteiger partial charge is 0.234 e. The Morgan fingerprint density at radius 2 is 1.81 bits per heavy atom. The summed E-state index contributed by atoms with van der Waals surface area (Å²) in [6.45, 7) is 8.17. The number of rotatable bonds is 6. The highest BCUT2D eigenvalue weighted by Crippen LogP contribution is 2.40. The first-order valence-electron chi connectivity index (χ1n) is 8.05. The van der Waals surface area contributed by atoms with E-state index < -0.39 is 11.5 Å². The van der Waals surface area contributed by atoms with E-state index >= 15 is 0 Å². The average Bonchev–Trinajstić information content (AvgIpc) is 2.68. The van der Waals surface area contributed by atoms with Crippen LogP contribution in [0.5, 0.6) is 0 Å². The number of fused-ring (bicyclic) bond motifs is 1. The van der Waals surface area contributed by atoms with Gasteiger partial charge in [-0.2, -0.15) is 0 Å². The van der Waals surface area contributed by atoms with Gasteiger partial charge in [-0.25, -0.2) is 0 Å². The molecule has 1 unspecified atom stereocenters. The monoisotopic (exact) mass is 289 g/mol. The largest absolute Gasteiger partial charge is 0.388 e. The number of carbonyl (C=O) groups excluding carboxylic acids is 1. The quantitative estimate of drug-likeness (QED) is 0.826. The minimum atomic E-state index is -0.518. The maximum atomic E-state index is 12.0. The second-order valence-electron chi connectivity index (χ2n) is 6.67. The molecule has 0 saturated carbocycles. The Balaban J connectivity index is 2.30. The summed E-state index contributed by atoms with van der Waals surface area (Å²) in [6.07, 6.45) is 3.79. The highest BCUT2D eigenvalue weighted by Gasteiger charge is 2.38. The molecule has 0 aliphatic carbocycles. The minimum Gasteiger partial charge on any atom is -0.388 e. The second kappa shape index (κ2) is 6.18. The van der Waals surface area contributed by atoms with Gasteiger partial charge >= 0.3 is 0 Å². The van der Waals surface area contributed by atoms with Crippen LogP contribution in [0.3, 0.4) is 0 Å². The van der Waals surface area contributed by atoms with Crippen LogP contribution in [0.15, 0.2) is 18.2 Å². The van der Waals surface area contributed by atoms with Crippen LogP contribution in [0.2, 0.25) is 0 Å². The van der Waals surface area contributed by atoms with E-state index in [1.165, 1.54) is 0 Å². The molecular weight excluding hydrogens is 262 g/mol. The Kier molecular flexibility index (Phi) is 4.72. The minimum absolute atomic E-state index is 0.0304. The lowest BCUT2D eigenvalue weighted by molar-refractivity contribution is -0.119. The number of aliphatic hydroxyl groups excluding tert-OH is 1. The molecule has 3 heteroatoms. The normalized spacial score (nSPS) is 17.7. The summed E-state index contributed by atoms with van der Waals surface area (Å²) in [7, 11) is 0. The summed E-state index contributed by atoms with van der Waals surface area (Å²) >= 11 is 0. The number of anilines is 1. The molecular formula is C18H27NO2. The van der Waals surface area contributed by atoms with Crippen LogP contribution in [0.4, 0.5) is 5.69 Å². The van der Waals surface area contributed by atoms with Gasteiger partial charge in [-0.05, 0) is 49.8 Å². The van der Waals surface area contributed by atoms with Crippen LogP contribution >= 0.6 is 0 Å². The molecule has 0 spiro atoms. The van der Waals surface area contributed by atoms with Crippen LogP contribution in [0, 0.1) is 5.92 Å². The van der Waals surface area contributed by atoms with E-state index in [1.807, 2.05) is 32.0 Å². The number of carbonyl (C=O) groups is 1. The molecule has 0 bridgehead atoms. The van der Waals surface area contributed by atoms with Gasteiger partial charge in [0.25, 0.3) is 0 Å². The molecule has 3 nitrogen and oxygen atoms in total. The molecule has 1 aromatic carbocycles. The SMILES string of the molecule is CCCC(CCC)C(O)c1ccc2c(c1)C(C)(C)C(=O)N2. The molecule has 0 fully saturated rings. The van der Waals surface area contributed by atoms with E-state index in [0.717, 1.165) is 42.5 Å². The van der Waals surface area contributed by atoms with Crippen molar-refractivity contribution in [2.75, 3.05) is 5.32 Å². The molecule has 0 radical (unpaired) electrons. The van der Waals surface area contributed by atoms with Gasteiger partial charge in [-0.15, -0.1) is 0 Å². The molecule has 1 aliphatic rings. The summed E-state index contributed by atoms with van der Waals surface area (Å²) in [4.78, 5) is 12.0. The van der Waals surface area contributed by atoms with E-state index in [9.17, 15) is 9.90 Å². The van der Waals surface area contributed by atoms with Crippen LogP contribution in [0.25, 0.3) is 0 Å². The third-order valence-electron chi connectivity index (χ3n) is 4.64. The Morgan fingerprint density at radius 1 is 1.19 bits per heavy atom. The molecule has 1 aliphatic heterocycles. The molecule has 1 aromatic rings. The zero-order valence-corrected chi connectivity index (χ0v) is 13.6. The number of hydrogen-bond donors (Lipinski definition) is 2. The van der Waals surface area contributed by atoms with Gasteiger partial charge in [0.1, 0.15) is 0 Å². The zero-order chi connectivity index (χ0) is 15.6. The van der Waals surface area contributed by atoms with E-state index in [1.54, 1.807) is 0 Å². The Labute approximate surface area is 127 Å². The fourth-order valence-electron chi connectivity index (χ4n) is 3.25.